The molecule has 0 aliphatic carbocycles. The van der Waals surface area contributed by atoms with E-state index in [-0.39, 0.29) is 5.92 Å². The van der Waals surface area contributed by atoms with Gasteiger partial charge < -0.3 is 4.74 Å². The number of aryl methyl sites for hydroxylation is 1. The Morgan fingerprint density at radius 3 is 2.39 bits per heavy atom. The van der Waals surface area contributed by atoms with Gasteiger partial charge in [-0.25, -0.2) is 0 Å². The Bertz CT molecular complexity index is 610. The number of aromatic nitrogens is 1. The molecule has 1 unspecified atom stereocenters. The molecule has 1 atom stereocenters. The Morgan fingerprint density at radius 2 is 1.78 bits per heavy atom. The van der Waals surface area contributed by atoms with Crippen molar-refractivity contribution in [3.8, 4) is 5.88 Å². The molecule has 3 heteroatoms. The van der Waals surface area contributed by atoms with Crippen molar-refractivity contribution in [3.63, 3.8) is 0 Å². The summed E-state index contributed by atoms with van der Waals surface area (Å²) in [6.45, 7) is 6.57. The van der Waals surface area contributed by atoms with Crippen LogP contribution >= 0.6 is 0 Å². The number of nitrogens with zero attached hydrogens (tertiary/aromatic N) is 1. The summed E-state index contributed by atoms with van der Waals surface area (Å²) >= 11 is 0. The quantitative estimate of drug-likeness (QED) is 0.474. The number of pyridine rings is 1. The number of ether oxygens (including phenoxy) is 1. The van der Waals surface area contributed by atoms with E-state index in [2.05, 4.69) is 36.2 Å². The van der Waals surface area contributed by atoms with E-state index in [0.717, 1.165) is 12.0 Å². The number of rotatable bonds is 8. The molecule has 0 N–H and O–H groups in total. The van der Waals surface area contributed by atoms with E-state index in [4.69, 9.17) is 4.74 Å². The molecular formula is C20H26FNO. The van der Waals surface area contributed by atoms with Crippen LogP contribution in [0.15, 0.2) is 36.4 Å². The number of unbranched alkanes of at least 4 members (excludes halogenated alkanes) is 2. The molecule has 1 aromatic carbocycles. The highest BCUT2D eigenvalue weighted by Gasteiger charge is 2.15. The van der Waals surface area contributed by atoms with E-state index in [1.54, 1.807) is 12.1 Å². The summed E-state index contributed by atoms with van der Waals surface area (Å²) in [6, 6.07) is 12.0. The molecule has 0 saturated heterocycles. The SMILES string of the molecule is CCCCCc1ccc(C(C)c2ccc(OCC)nc2F)cc1. The van der Waals surface area contributed by atoms with E-state index in [1.165, 1.54) is 24.8 Å². The van der Waals surface area contributed by atoms with Gasteiger partial charge in [0.2, 0.25) is 11.8 Å². The van der Waals surface area contributed by atoms with Crippen LogP contribution in [0.5, 0.6) is 5.88 Å². The van der Waals surface area contributed by atoms with Gasteiger partial charge in [-0.05, 0) is 37.0 Å². The van der Waals surface area contributed by atoms with Crippen LogP contribution in [0.4, 0.5) is 4.39 Å². The maximum Gasteiger partial charge on any atom is 0.219 e. The lowest BCUT2D eigenvalue weighted by Gasteiger charge is -2.14. The average Bonchev–Trinajstić information content (AvgIpc) is 2.56. The molecule has 0 spiro atoms. The summed E-state index contributed by atoms with van der Waals surface area (Å²) in [4.78, 5) is 3.89. The van der Waals surface area contributed by atoms with Crippen LogP contribution in [0.1, 0.15) is 62.6 Å². The molecule has 2 aromatic rings. The van der Waals surface area contributed by atoms with Gasteiger partial charge >= 0.3 is 0 Å². The van der Waals surface area contributed by atoms with E-state index >= 15 is 0 Å². The summed E-state index contributed by atoms with van der Waals surface area (Å²) in [5, 5.41) is 0. The van der Waals surface area contributed by atoms with Gasteiger partial charge in [0.1, 0.15) is 0 Å². The first kappa shape index (κ1) is 17.5. The Morgan fingerprint density at radius 1 is 1.04 bits per heavy atom. The fourth-order valence-corrected chi connectivity index (χ4v) is 2.71. The molecule has 1 heterocycles. The lowest BCUT2D eigenvalue weighted by Crippen LogP contribution is -2.04. The topological polar surface area (TPSA) is 22.1 Å². The molecule has 0 bridgehead atoms. The van der Waals surface area contributed by atoms with Crippen molar-refractivity contribution >= 4 is 0 Å². The first-order valence-electron chi connectivity index (χ1n) is 8.53. The predicted octanol–water partition coefficient (Wildman–Crippen LogP) is 5.50. The average molecular weight is 315 g/mol. The monoisotopic (exact) mass is 315 g/mol. The summed E-state index contributed by atoms with van der Waals surface area (Å²) in [5.41, 5.74) is 3.06. The smallest absolute Gasteiger partial charge is 0.219 e. The Hall–Kier alpha value is -1.90. The van der Waals surface area contributed by atoms with Crippen LogP contribution in [0.25, 0.3) is 0 Å². The second kappa shape index (κ2) is 8.66. The van der Waals surface area contributed by atoms with Gasteiger partial charge in [-0.2, -0.15) is 9.37 Å². The second-order valence-electron chi connectivity index (χ2n) is 5.88. The fourth-order valence-electron chi connectivity index (χ4n) is 2.71. The Kier molecular flexibility index (Phi) is 6.57. The maximum atomic E-state index is 14.2. The summed E-state index contributed by atoms with van der Waals surface area (Å²) in [7, 11) is 0. The van der Waals surface area contributed by atoms with Gasteiger partial charge in [0.15, 0.2) is 0 Å². The molecule has 0 saturated carbocycles. The molecule has 2 nitrogen and oxygen atoms in total. The van der Waals surface area contributed by atoms with Gasteiger partial charge in [0.05, 0.1) is 6.61 Å². The molecule has 0 aliphatic heterocycles. The van der Waals surface area contributed by atoms with Crippen molar-refractivity contribution in [2.75, 3.05) is 6.61 Å². The van der Waals surface area contributed by atoms with E-state index in [0.29, 0.717) is 18.1 Å². The van der Waals surface area contributed by atoms with Crippen molar-refractivity contribution in [2.24, 2.45) is 0 Å². The minimum Gasteiger partial charge on any atom is -0.478 e. The highest BCUT2D eigenvalue weighted by atomic mass is 19.1. The van der Waals surface area contributed by atoms with Crippen LogP contribution in [-0.4, -0.2) is 11.6 Å². The normalized spacial score (nSPS) is 12.2. The zero-order valence-corrected chi connectivity index (χ0v) is 14.3. The van der Waals surface area contributed by atoms with Gasteiger partial charge in [-0.15, -0.1) is 0 Å². The third-order valence-corrected chi connectivity index (χ3v) is 4.16. The van der Waals surface area contributed by atoms with Crippen molar-refractivity contribution < 1.29 is 9.13 Å². The van der Waals surface area contributed by atoms with Crippen LogP contribution in [0.3, 0.4) is 0 Å². The first-order chi connectivity index (χ1) is 11.2. The molecule has 23 heavy (non-hydrogen) atoms. The number of hydrogen-bond acceptors (Lipinski definition) is 2. The lowest BCUT2D eigenvalue weighted by atomic mass is 9.93. The van der Waals surface area contributed by atoms with Crippen molar-refractivity contribution in [1.82, 2.24) is 4.98 Å². The highest BCUT2D eigenvalue weighted by molar-refractivity contribution is 5.34. The fraction of sp³-hybridized carbons (Fsp3) is 0.450. The molecule has 0 fully saturated rings. The zero-order valence-electron chi connectivity index (χ0n) is 14.3. The van der Waals surface area contributed by atoms with Gasteiger partial charge in [-0.3, -0.25) is 0 Å². The Balaban J connectivity index is 2.09. The van der Waals surface area contributed by atoms with Crippen LogP contribution in [0, 0.1) is 5.95 Å². The number of hydrogen-bond donors (Lipinski definition) is 0. The molecule has 124 valence electrons. The van der Waals surface area contributed by atoms with E-state index < -0.39 is 5.95 Å². The zero-order chi connectivity index (χ0) is 16.7. The molecule has 2 rings (SSSR count). The summed E-state index contributed by atoms with van der Waals surface area (Å²) in [6.07, 6.45) is 4.84. The standard InChI is InChI=1S/C20H26FNO/c1-4-6-7-8-16-9-11-17(12-10-16)15(3)18-13-14-19(23-5-2)22-20(18)21/h9-15H,4-8H2,1-3H3. The van der Waals surface area contributed by atoms with Crippen LogP contribution in [0.2, 0.25) is 0 Å². The molecule has 0 amide bonds. The minimum atomic E-state index is -0.449. The molecule has 0 radical (unpaired) electrons. The van der Waals surface area contributed by atoms with E-state index in [1.807, 2.05) is 13.8 Å². The van der Waals surface area contributed by atoms with Gasteiger partial charge in [-0.1, -0.05) is 51.0 Å². The molecule has 0 aliphatic rings. The predicted molar refractivity (Wildman–Crippen MR) is 92.6 cm³/mol. The Labute approximate surface area is 138 Å². The lowest BCUT2D eigenvalue weighted by molar-refractivity contribution is 0.320. The maximum absolute atomic E-state index is 14.2. The van der Waals surface area contributed by atoms with E-state index in [9.17, 15) is 4.39 Å². The first-order valence-corrected chi connectivity index (χ1v) is 8.53. The summed E-state index contributed by atoms with van der Waals surface area (Å²) in [5.74, 6) is -0.134. The largest absolute Gasteiger partial charge is 0.478 e. The third kappa shape index (κ3) is 4.78. The molecule has 1 aromatic heterocycles. The van der Waals surface area contributed by atoms with Crippen LogP contribution in [-0.2, 0) is 6.42 Å². The molecular weight excluding hydrogens is 289 g/mol. The van der Waals surface area contributed by atoms with Crippen molar-refractivity contribution in [1.29, 1.82) is 0 Å². The van der Waals surface area contributed by atoms with Crippen molar-refractivity contribution in [3.05, 3.63) is 59.0 Å². The highest BCUT2D eigenvalue weighted by Crippen LogP contribution is 2.27. The van der Waals surface area contributed by atoms with Gasteiger partial charge in [0.25, 0.3) is 0 Å². The number of halogens is 1. The second-order valence-corrected chi connectivity index (χ2v) is 5.88. The minimum absolute atomic E-state index is 0.0251. The third-order valence-electron chi connectivity index (χ3n) is 4.16. The summed E-state index contributed by atoms with van der Waals surface area (Å²) < 4.78 is 19.4. The van der Waals surface area contributed by atoms with Crippen LogP contribution < -0.4 is 4.74 Å². The van der Waals surface area contributed by atoms with Gasteiger partial charge in [0, 0.05) is 17.5 Å². The van der Waals surface area contributed by atoms with Crippen molar-refractivity contribution in [2.45, 2.75) is 52.4 Å². The number of benzene rings is 1.